The van der Waals surface area contributed by atoms with Gasteiger partial charge >= 0.3 is 6.09 Å². The summed E-state index contributed by atoms with van der Waals surface area (Å²) in [6, 6.07) is -0.533. The van der Waals surface area contributed by atoms with E-state index in [0.29, 0.717) is 25.4 Å². The Labute approximate surface area is 143 Å². The van der Waals surface area contributed by atoms with Crippen LogP contribution in [-0.2, 0) is 14.3 Å². The van der Waals surface area contributed by atoms with Gasteiger partial charge in [-0.25, -0.2) is 4.79 Å². The van der Waals surface area contributed by atoms with E-state index in [4.69, 9.17) is 10.5 Å². The molecule has 0 saturated carbocycles. The maximum Gasteiger partial charge on any atom is 0.408 e. The molecule has 2 amide bonds. The fourth-order valence-corrected chi connectivity index (χ4v) is 2.82. The minimum Gasteiger partial charge on any atom is -0.444 e. The molecule has 0 aromatic heterocycles. The van der Waals surface area contributed by atoms with Crippen LogP contribution < -0.4 is 16.4 Å². The molecular formula is C16H30N4O4. The molecule has 1 rings (SSSR count). The van der Waals surface area contributed by atoms with E-state index in [1.165, 1.54) is 0 Å². The normalized spacial score (nSPS) is 22.8. The number of alkyl carbamates (subject to hydrolysis) is 1. The first-order chi connectivity index (χ1) is 11.1. The number of rotatable bonds is 8. The number of likely N-dealkylation sites (tertiary alicyclic amines) is 1. The van der Waals surface area contributed by atoms with Crippen molar-refractivity contribution >= 4 is 18.3 Å². The van der Waals surface area contributed by atoms with Crippen molar-refractivity contribution in [2.45, 2.75) is 63.8 Å². The van der Waals surface area contributed by atoms with Crippen molar-refractivity contribution in [2.75, 3.05) is 20.1 Å². The van der Waals surface area contributed by atoms with Gasteiger partial charge in [-0.05, 0) is 53.6 Å². The Morgan fingerprint density at radius 3 is 2.54 bits per heavy atom. The molecular weight excluding hydrogens is 312 g/mol. The van der Waals surface area contributed by atoms with Gasteiger partial charge in [0.1, 0.15) is 17.9 Å². The Balaban J connectivity index is 2.27. The zero-order valence-corrected chi connectivity index (χ0v) is 15.0. The maximum absolute atomic E-state index is 11.6. The van der Waals surface area contributed by atoms with E-state index in [0.717, 1.165) is 19.3 Å². The summed E-state index contributed by atoms with van der Waals surface area (Å²) < 4.78 is 5.12. The van der Waals surface area contributed by atoms with Gasteiger partial charge in [-0.3, -0.25) is 9.69 Å². The van der Waals surface area contributed by atoms with Crippen molar-refractivity contribution < 1.29 is 19.1 Å². The third-order valence-electron chi connectivity index (χ3n) is 4.05. The molecule has 0 aliphatic carbocycles. The Morgan fingerprint density at radius 2 is 2.04 bits per heavy atom. The van der Waals surface area contributed by atoms with Crippen LogP contribution in [0.1, 0.15) is 40.0 Å². The van der Waals surface area contributed by atoms with E-state index in [1.54, 1.807) is 20.8 Å². The zero-order valence-electron chi connectivity index (χ0n) is 15.0. The van der Waals surface area contributed by atoms with Gasteiger partial charge in [-0.15, -0.1) is 0 Å². The summed E-state index contributed by atoms with van der Waals surface area (Å²) >= 11 is 0. The van der Waals surface area contributed by atoms with Crippen molar-refractivity contribution in [2.24, 2.45) is 5.73 Å². The van der Waals surface area contributed by atoms with Gasteiger partial charge in [0.05, 0.1) is 6.04 Å². The first-order valence-corrected chi connectivity index (χ1v) is 8.31. The van der Waals surface area contributed by atoms with Crippen LogP contribution in [0.25, 0.3) is 0 Å². The van der Waals surface area contributed by atoms with Gasteiger partial charge < -0.3 is 25.9 Å². The standard InChI is InChI=1S/C16H30N4O4/c1-16(2,3)24-15(23)19-11(10-21)9-18-8-7-12-5-6-13(14(17)22)20(12)4/h10-13,18H,5-9H2,1-4H3,(H2,17,22)(H,19,23)/t11?,12-,13?/m1/s1. The average Bonchev–Trinajstić information content (AvgIpc) is 2.81. The average molecular weight is 342 g/mol. The molecule has 0 bridgehead atoms. The fourth-order valence-electron chi connectivity index (χ4n) is 2.82. The molecule has 0 aromatic carbocycles. The van der Waals surface area contributed by atoms with Gasteiger partial charge in [0.25, 0.3) is 0 Å². The third-order valence-corrected chi connectivity index (χ3v) is 4.05. The van der Waals surface area contributed by atoms with Crippen molar-refractivity contribution in [1.29, 1.82) is 0 Å². The van der Waals surface area contributed by atoms with E-state index >= 15 is 0 Å². The molecule has 1 heterocycles. The molecule has 24 heavy (non-hydrogen) atoms. The van der Waals surface area contributed by atoms with Gasteiger partial charge in [0.15, 0.2) is 0 Å². The molecule has 1 aliphatic heterocycles. The molecule has 138 valence electrons. The van der Waals surface area contributed by atoms with Gasteiger partial charge in [0, 0.05) is 12.6 Å². The highest BCUT2D eigenvalue weighted by Crippen LogP contribution is 2.23. The topological polar surface area (TPSA) is 114 Å². The molecule has 3 atom stereocenters. The fraction of sp³-hybridized carbons (Fsp3) is 0.812. The first kappa shape index (κ1) is 20.4. The number of aldehydes is 1. The second-order valence-electron chi connectivity index (χ2n) is 7.20. The number of nitrogens with zero attached hydrogens (tertiary/aromatic N) is 1. The monoisotopic (exact) mass is 342 g/mol. The maximum atomic E-state index is 11.6. The lowest BCUT2D eigenvalue weighted by Gasteiger charge is -2.24. The molecule has 1 aliphatic rings. The number of hydrogen-bond donors (Lipinski definition) is 3. The second kappa shape index (κ2) is 8.98. The summed E-state index contributed by atoms with van der Waals surface area (Å²) in [6.07, 6.45) is 2.63. The van der Waals surface area contributed by atoms with Crippen LogP contribution >= 0.6 is 0 Å². The third kappa shape index (κ3) is 6.84. The van der Waals surface area contributed by atoms with Crippen molar-refractivity contribution in [3.63, 3.8) is 0 Å². The van der Waals surface area contributed by atoms with E-state index in [-0.39, 0.29) is 11.9 Å². The Kier molecular flexibility index (Phi) is 7.62. The van der Waals surface area contributed by atoms with Crippen LogP contribution in [-0.4, -0.2) is 67.1 Å². The largest absolute Gasteiger partial charge is 0.444 e. The number of likely N-dealkylation sites (N-methyl/N-ethyl adjacent to an activating group) is 1. The molecule has 0 radical (unpaired) electrons. The first-order valence-electron chi connectivity index (χ1n) is 8.31. The van der Waals surface area contributed by atoms with Gasteiger partial charge in [-0.1, -0.05) is 0 Å². The van der Waals surface area contributed by atoms with Crippen molar-refractivity contribution in [1.82, 2.24) is 15.5 Å². The summed E-state index contributed by atoms with van der Waals surface area (Å²) in [4.78, 5) is 36.0. The van der Waals surface area contributed by atoms with Crippen molar-refractivity contribution in [3.8, 4) is 0 Å². The Hall–Kier alpha value is -1.67. The second-order valence-corrected chi connectivity index (χ2v) is 7.20. The molecule has 8 heteroatoms. The molecule has 4 N–H and O–H groups in total. The van der Waals surface area contributed by atoms with E-state index in [9.17, 15) is 14.4 Å². The number of primary amides is 1. The smallest absolute Gasteiger partial charge is 0.408 e. The van der Waals surface area contributed by atoms with E-state index in [1.807, 2.05) is 11.9 Å². The summed E-state index contributed by atoms with van der Waals surface area (Å²) in [7, 11) is 1.91. The highest BCUT2D eigenvalue weighted by Gasteiger charge is 2.33. The molecule has 1 fully saturated rings. The molecule has 0 aromatic rings. The van der Waals surface area contributed by atoms with Crippen LogP contribution in [0.15, 0.2) is 0 Å². The van der Waals surface area contributed by atoms with Crippen LogP contribution in [0.3, 0.4) is 0 Å². The Bertz CT molecular complexity index is 450. The summed E-state index contributed by atoms with van der Waals surface area (Å²) in [6.45, 7) is 6.30. The lowest BCUT2D eigenvalue weighted by molar-refractivity contribution is -0.122. The summed E-state index contributed by atoms with van der Waals surface area (Å²) in [5, 5.41) is 5.67. The van der Waals surface area contributed by atoms with E-state index in [2.05, 4.69) is 10.6 Å². The quantitative estimate of drug-likeness (QED) is 0.423. The lowest BCUT2D eigenvalue weighted by Crippen LogP contribution is -2.46. The number of hydrogen-bond acceptors (Lipinski definition) is 6. The predicted molar refractivity (Wildman–Crippen MR) is 90.5 cm³/mol. The minimum absolute atomic E-state index is 0.188. The highest BCUT2D eigenvalue weighted by atomic mass is 16.6. The lowest BCUT2D eigenvalue weighted by atomic mass is 10.1. The Morgan fingerprint density at radius 1 is 1.38 bits per heavy atom. The van der Waals surface area contributed by atoms with Crippen LogP contribution in [0.4, 0.5) is 4.79 Å². The summed E-state index contributed by atoms with van der Waals surface area (Å²) in [5.74, 6) is -0.282. The molecule has 2 unspecified atom stereocenters. The molecule has 1 saturated heterocycles. The predicted octanol–water partition coefficient (Wildman–Crippen LogP) is 0.00640. The number of carbonyl (C=O) groups excluding carboxylic acids is 3. The number of amides is 2. The van der Waals surface area contributed by atoms with E-state index < -0.39 is 17.7 Å². The highest BCUT2D eigenvalue weighted by molar-refractivity contribution is 5.80. The van der Waals surface area contributed by atoms with Crippen LogP contribution in [0, 0.1) is 0 Å². The number of carbonyl (C=O) groups is 3. The minimum atomic E-state index is -0.639. The summed E-state index contributed by atoms with van der Waals surface area (Å²) in [5.41, 5.74) is 4.76. The number of nitrogens with one attached hydrogen (secondary N) is 2. The number of ether oxygens (including phenoxy) is 1. The zero-order chi connectivity index (χ0) is 18.3. The van der Waals surface area contributed by atoms with Gasteiger partial charge in [-0.2, -0.15) is 0 Å². The number of nitrogens with two attached hydrogens (primary N) is 1. The molecule has 0 spiro atoms. The van der Waals surface area contributed by atoms with Gasteiger partial charge in [0.2, 0.25) is 5.91 Å². The SMILES string of the molecule is CN1C(C(N)=O)CC[C@@H]1CCNCC(C=O)NC(=O)OC(C)(C)C. The molecule has 8 nitrogen and oxygen atoms in total. The van der Waals surface area contributed by atoms with Crippen LogP contribution in [0.2, 0.25) is 0 Å². The van der Waals surface area contributed by atoms with Crippen molar-refractivity contribution in [3.05, 3.63) is 0 Å². The van der Waals surface area contributed by atoms with Crippen LogP contribution in [0.5, 0.6) is 0 Å².